The number of benzene rings is 1. The molecule has 0 spiro atoms. The first-order chi connectivity index (χ1) is 8.70. The van der Waals surface area contributed by atoms with E-state index in [0.29, 0.717) is 0 Å². The highest BCUT2D eigenvalue weighted by Crippen LogP contribution is 2.34. The first-order valence-electron chi connectivity index (χ1n) is 6.79. The molecule has 1 fully saturated rings. The zero-order valence-corrected chi connectivity index (χ0v) is 12.6. The summed E-state index contributed by atoms with van der Waals surface area (Å²) in [5.41, 5.74) is 7.54. The van der Waals surface area contributed by atoms with Crippen LogP contribution in [0.15, 0.2) is 22.7 Å². The van der Waals surface area contributed by atoms with E-state index < -0.39 is 0 Å². The minimum Gasteiger partial charge on any atom is -0.497 e. The van der Waals surface area contributed by atoms with Crippen molar-refractivity contribution >= 4 is 15.9 Å². The summed E-state index contributed by atoms with van der Waals surface area (Å²) in [4.78, 5) is 0. The Hall–Kier alpha value is -0.540. The first-order valence-corrected chi connectivity index (χ1v) is 7.59. The third-order valence-corrected chi connectivity index (χ3v) is 4.61. The number of rotatable bonds is 4. The predicted molar refractivity (Wildman–Crippen MR) is 78.8 cm³/mol. The highest BCUT2D eigenvalue weighted by Gasteiger charge is 2.19. The molecule has 0 aliphatic heterocycles. The topological polar surface area (TPSA) is 35.2 Å². The Bertz CT molecular complexity index is 388. The molecule has 1 atom stereocenters. The summed E-state index contributed by atoms with van der Waals surface area (Å²) in [5.74, 6) is 1.68. The zero-order chi connectivity index (χ0) is 13.0. The third-order valence-electron chi connectivity index (χ3n) is 3.92. The first kappa shape index (κ1) is 13.9. The second-order valence-corrected chi connectivity index (χ2v) is 6.09. The van der Waals surface area contributed by atoms with Crippen LogP contribution in [0.3, 0.4) is 0 Å². The molecule has 1 aliphatic rings. The van der Waals surface area contributed by atoms with Crippen molar-refractivity contribution in [3.63, 3.8) is 0 Å². The fourth-order valence-corrected chi connectivity index (χ4v) is 3.50. The molecule has 1 aromatic rings. The Morgan fingerprint density at radius 1 is 1.33 bits per heavy atom. The van der Waals surface area contributed by atoms with E-state index in [1.165, 1.54) is 37.7 Å². The van der Waals surface area contributed by atoms with Crippen LogP contribution in [0, 0.1) is 5.92 Å². The van der Waals surface area contributed by atoms with Crippen molar-refractivity contribution in [1.82, 2.24) is 0 Å². The smallest absolute Gasteiger partial charge is 0.120 e. The molecule has 0 aromatic heterocycles. The van der Waals surface area contributed by atoms with Crippen LogP contribution in [0.4, 0.5) is 0 Å². The molecular weight excluding hydrogens is 290 g/mol. The Labute approximate surface area is 118 Å². The van der Waals surface area contributed by atoms with E-state index in [2.05, 4.69) is 22.0 Å². The fraction of sp³-hybridized carbons (Fsp3) is 0.600. The van der Waals surface area contributed by atoms with Crippen molar-refractivity contribution in [2.75, 3.05) is 7.11 Å². The van der Waals surface area contributed by atoms with E-state index in [1.807, 2.05) is 12.1 Å². The van der Waals surface area contributed by atoms with Gasteiger partial charge in [-0.2, -0.15) is 0 Å². The van der Waals surface area contributed by atoms with Crippen LogP contribution < -0.4 is 10.5 Å². The van der Waals surface area contributed by atoms with Gasteiger partial charge in [0.25, 0.3) is 0 Å². The lowest BCUT2D eigenvalue weighted by molar-refractivity contribution is 0.319. The van der Waals surface area contributed by atoms with Gasteiger partial charge < -0.3 is 10.5 Å². The van der Waals surface area contributed by atoms with Crippen molar-refractivity contribution in [3.8, 4) is 5.75 Å². The van der Waals surface area contributed by atoms with Gasteiger partial charge in [0.2, 0.25) is 0 Å². The van der Waals surface area contributed by atoms with Gasteiger partial charge >= 0.3 is 0 Å². The van der Waals surface area contributed by atoms with E-state index in [1.54, 1.807) is 7.11 Å². The van der Waals surface area contributed by atoms with E-state index >= 15 is 0 Å². The highest BCUT2D eigenvalue weighted by molar-refractivity contribution is 9.10. The van der Waals surface area contributed by atoms with Crippen LogP contribution in [0.5, 0.6) is 5.75 Å². The van der Waals surface area contributed by atoms with Crippen LogP contribution in [0.25, 0.3) is 0 Å². The summed E-state index contributed by atoms with van der Waals surface area (Å²) in [6, 6.07) is 6.20. The van der Waals surface area contributed by atoms with Gasteiger partial charge in [0, 0.05) is 10.5 Å². The molecule has 2 N–H and O–H groups in total. The number of ether oxygens (including phenoxy) is 1. The van der Waals surface area contributed by atoms with E-state index in [4.69, 9.17) is 10.5 Å². The predicted octanol–water partition coefficient (Wildman–Crippen LogP) is 4.43. The Balaban J connectivity index is 2.01. The van der Waals surface area contributed by atoms with Gasteiger partial charge in [0.15, 0.2) is 0 Å². The van der Waals surface area contributed by atoms with Crippen molar-refractivity contribution in [1.29, 1.82) is 0 Å². The molecule has 0 bridgehead atoms. The second kappa shape index (κ2) is 6.58. The number of nitrogens with two attached hydrogens (primary N) is 1. The third kappa shape index (κ3) is 3.48. The maximum Gasteiger partial charge on any atom is 0.120 e. The summed E-state index contributed by atoms with van der Waals surface area (Å²) in [7, 11) is 1.68. The number of hydrogen-bond donors (Lipinski definition) is 1. The van der Waals surface area contributed by atoms with Gasteiger partial charge in [-0.25, -0.2) is 0 Å². The lowest BCUT2D eigenvalue weighted by Crippen LogP contribution is -2.17. The summed E-state index contributed by atoms with van der Waals surface area (Å²) in [5, 5.41) is 0. The molecule has 100 valence electrons. The molecule has 1 unspecified atom stereocenters. The summed E-state index contributed by atoms with van der Waals surface area (Å²) >= 11 is 3.59. The minimum absolute atomic E-state index is 0.133. The summed E-state index contributed by atoms with van der Waals surface area (Å²) in [6.07, 6.45) is 7.95. The molecule has 2 rings (SSSR count). The number of halogens is 1. The van der Waals surface area contributed by atoms with Crippen LogP contribution in [0.2, 0.25) is 0 Å². The molecular formula is C15H22BrNO. The molecule has 1 saturated carbocycles. The maximum absolute atomic E-state index is 6.35. The van der Waals surface area contributed by atoms with Crippen molar-refractivity contribution in [2.24, 2.45) is 11.7 Å². The Kier molecular flexibility index (Phi) is 5.07. The van der Waals surface area contributed by atoms with Gasteiger partial charge in [-0.3, -0.25) is 0 Å². The molecule has 0 radical (unpaired) electrons. The second-order valence-electron chi connectivity index (χ2n) is 5.23. The van der Waals surface area contributed by atoms with Crippen LogP contribution in [0.1, 0.15) is 50.1 Å². The normalized spacial score (nSPS) is 18.6. The Morgan fingerprint density at radius 3 is 2.67 bits per heavy atom. The van der Waals surface area contributed by atoms with Gasteiger partial charge in [0.1, 0.15) is 5.75 Å². The standard InChI is InChI=1S/C15H22BrNO/c1-18-12-7-8-13(14(16)10-12)15(17)9-11-5-3-2-4-6-11/h7-8,10-11,15H,2-6,9,17H2,1H3. The quantitative estimate of drug-likeness (QED) is 0.893. The summed E-state index contributed by atoms with van der Waals surface area (Å²) < 4.78 is 6.27. The van der Waals surface area contributed by atoms with Gasteiger partial charge in [-0.1, -0.05) is 54.1 Å². The SMILES string of the molecule is COc1ccc(C(N)CC2CCCCC2)c(Br)c1. The van der Waals surface area contributed by atoms with Gasteiger partial charge in [0.05, 0.1) is 7.11 Å². The maximum atomic E-state index is 6.35. The highest BCUT2D eigenvalue weighted by atomic mass is 79.9. The van der Waals surface area contributed by atoms with Gasteiger partial charge in [-0.05, 0) is 30.0 Å². The molecule has 3 heteroatoms. The van der Waals surface area contributed by atoms with Crippen LogP contribution in [-0.4, -0.2) is 7.11 Å². The molecule has 1 aromatic carbocycles. The lowest BCUT2D eigenvalue weighted by Gasteiger charge is -2.25. The molecule has 2 nitrogen and oxygen atoms in total. The molecule has 0 saturated heterocycles. The largest absolute Gasteiger partial charge is 0.497 e. The number of methoxy groups -OCH3 is 1. The average Bonchev–Trinajstić information content (AvgIpc) is 2.39. The van der Waals surface area contributed by atoms with Crippen molar-refractivity contribution in [3.05, 3.63) is 28.2 Å². The lowest BCUT2D eigenvalue weighted by atomic mass is 9.83. The monoisotopic (exact) mass is 311 g/mol. The van der Waals surface area contributed by atoms with Crippen molar-refractivity contribution < 1.29 is 4.74 Å². The zero-order valence-electron chi connectivity index (χ0n) is 11.0. The van der Waals surface area contributed by atoms with E-state index in [0.717, 1.165) is 22.6 Å². The van der Waals surface area contributed by atoms with Crippen LogP contribution in [-0.2, 0) is 0 Å². The molecule has 1 aliphatic carbocycles. The van der Waals surface area contributed by atoms with Crippen LogP contribution >= 0.6 is 15.9 Å². The number of hydrogen-bond acceptors (Lipinski definition) is 2. The molecule has 0 heterocycles. The minimum atomic E-state index is 0.133. The van der Waals surface area contributed by atoms with E-state index in [-0.39, 0.29) is 6.04 Å². The molecule has 0 amide bonds. The Morgan fingerprint density at radius 2 is 2.06 bits per heavy atom. The summed E-state index contributed by atoms with van der Waals surface area (Å²) in [6.45, 7) is 0. The fourth-order valence-electron chi connectivity index (χ4n) is 2.84. The average molecular weight is 312 g/mol. The van der Waals surface area contributed by atoms with Crippen molar-refractivity contribution in [2.45, 2.75) is 44.6 Å². The van der Waals surface area contributed by atoms with Gasteiger partial charge in [-0.15, -0.1) is 0 Å². The molecule has 18 heavy (non-hydrogen) atoms. The van der Waals surface area contributed by atoms with E-state index in [9.17, 15) is 0 Å².